The van der Waals surface area contributed by atoms with E-state index in [0.29, 0.717) is 6.42 Å². The predicted octanol–water partition coefficient (Wildman–Crippen LogP) is 0.788. The molecular weight excluding hydrogens is 120 g/mol. The molecule has 0 aromatic carbocycles. The number of Topliss-reactive ketones (excluding diaryl/α,β-unsaturated/α-hetero) is 1. The largest absolute Gasteiger partial charge is 0.293 e. The van der Waals surface area contributed by atoms with E-state index in [-0.39, 0.29) is 5.78 Å². The molecule has 1 saturated heterocycles. The van der Waals surface area contributed by atoms with Crippen molar-refractivity contribution in [3.63, 3.8) is 0 Å². The molecule has 1 aliphatic heterocycles. The van der Waals surface area contributed by atoms with E-state index in [0.717, 1.165) is 19.3 Å². The Hall–Kier alpha value is -0.410. The Morgan fingerprint density at radius 3 is 2.56 bits per heavy atom. The first-order valence-electron chi connectivity index (χ1n) is 3.24. The first-order chi connectivity index (χ1) is 4.33. The Bertz CT molecular complexity index is 148. The fraction of sp³-hybridized carbons (Fsp3) is 0.833. The molecule has 1 spiro atoms. The molecule has 1 saturated carbocycles. The fourth-order valence-electron chi connectivity index (χ4n) is 1.20. The lowest BCUT2D eigenvalue weighted by atomic mass is 9.94. The second-order valence-corrected chi connectivity index (χ2v) is 2.55. The smallest absolute Gasteiger partial charge is 0.291 e. The van der Waals surface area contributed by atoms with Gasteiger partial charge in [-0.25, -0.2) is 0 Å². The average Bonchev–Trinajstić information content (AvgIpc) is 2.60. The summed E-state index contributed by atoms with van der Waals surface area (Å²) in [5.74, 6) is -0.633. The molecular formula is C6H8O3. The monoisotopic (exact) mass is 128 g/mol. The molecule has 2 fully saturated rings. The number of carbonyl (C=O) groups is 1. The van der Waals surface area contributed by atoms with Crippen LogP contribution in [0, 0.1) is 0 Å². The highest BCUT2D eigenvalue weighted by atomic mass is 17.4. The second-order valence-electron chi connectivity index (χ2n) is 2.55. The minimum Gasteiger partial charge on any atom is -0.293 e. The van der Waals surface area contributed by atoms with Gasteiger partial charge in [0.1, 0.15) is 0 Å². The van der Waals surface area contributed by atoms with Gasteiger partial charge in [-0.3, -0.25) is 4.79 Å². The number of ketones is 1. The van der Waals surface area contributed by atoms with Gasteiger partial charge in [0.2, 0.25) is 0 Å². The summed E-state index contributed by atoms with van der Waals surface area (Å²) in [6.07, 6.45) is 3.42. The number of rotatable bonds is 0. The summed E-state index contributed by atoms with van der Waals surface area (Å²) >= 11 is 0. The van der Waals surface area contributed by atoms with Crippen molar-refractivity contribution in [1.82, 2.24) is 0 Å². The zero-order chi connectivity index (χ0) is 6.32. The van der Waals surface area contributed by atoms with Crippen LogP contribution in [0.4, 0.5) is 0 Å². The van der Waals surface area contributed by atoms with Crippen molar-refractivity contribution < 1.29 is 14.6 Å². The molecule has 3 heteroatoms. The van der Waals surface area contributed by atoms with Gasteiger partial charge in [-0.05, 0) is 12.8 Å². The van der Waals surface area contributed by atoms with Gasteiger partial charge in [-0.2, -0.15) is 9.78 Å². The lowest BCUT2D eigenvalue weighted by Gasteiger charge is -2.10. The molecule has 0 amide bonds. The van der Waals surface area contributed by atoms with Crippen LogP contribution in [0.1, 0.15) is 25.7 Å². The van der Waals surface area contributed by atoms with Gasteiger partial charge in [0.15, 0.2) is 5.78 Å². The quantitative estimate of drug-likeness (QED) is 0.357. The first kappa shape index (κ1) is 5.38. The Morgan fingerprint density at radius 2 is 2.11 bits per heavy atom. The third-order valence-corrected chi connectivity index (χ3v) is 1.87. The molecule has 0 atom stereocenters. The van der Waals surface area contributed by atoms with Gasteiger partial charge in [-0.1, -0.05) is 0 Å². The Balaban J connectivity index is 2.12. The van der Waals surface area contributed by atoms with Gasteiger partial charge in [0, 0.05) is 12.8 Å². The maximum Gasteiger partial charge on any atom is 0.291 e. The highest BCUT2D eigenvalue weighted by Gasteiger charge is 2.56. The van der Waals surface area contributed by atoms with E-state index in [1.54, 1.807) is 0 Å². The zero-order valence-corrected chi connectivity index (χ0v) is 5.05. The summed E-state index contributed by atoms with van der Waals surface area (Å²) in [6, 6.07) is 0. The van der Waals surface area contributed by atoms with Crippen LogP contribution in [0.3, 0.4) is 0 Å². The normalized spacial score (nSPS) is 30.9. The maximum absolute atomic E-state index is 10.9. The Labute approximate surface area is 52.9 Å². The molecule has 0 aromatic rings. The van der Waals surface area contributed by atoms with Crippen molar-refractivity contribution in [1.29, 1.82) is 0 Å². The van der Waals surface area contributed by atoms with Crippen LogP contribution in [-0.2, 0) is 14.6 Å². The molecule has 0 N–H and O–H groups in total. The van der Waals surface area contributed by atoms with Crippen LogP contribution >= 0.6 is 0 Å². The highest BCUT2D eigenvalue weighted by Crippen LogP contribution is 2.40. The van der Waals surface area contributed by atoms with Crippen LogP contribution in [0.15, 0.2) is 0 Å². The van der Waals surface area contributed by atoms with Gasteiger partial charge in [0.25, 0.3) is 5.79 Å². The second kappa shape index (κ2) is 1.55. The molecule has 9 heavy (non-hydrogen) atoms. The van der Waals surface area contributed by atoms with Gasteiger partial charge in [0.05, 0.1) is 0 Å². The molecule has 2 aliphatic rings. The minimum atomic E-state index is -0.752. The van der Waals surface area contributed by atoms with Gasteiger partial charge < -0.3 is 0 Å². The van der Waals surface area contributed by atoms with Crippen molar-refractivity contribution >= 4 is 5.78 Å². The van der Waals surface area contributed by atoms with Crippen LogP contribution in [-0.4, -0.2) is 11.6 Å². The molecule has 1 heterocycles. The molecule has 3 nitrogen and oxygen atoms in total. The topological polar surface area (TPSA) is 42.1 Å². The van der Waals surface area contributed by atoms with Crippen LogP contribution in [0.5, 0.6) is 0 Å². The lowest BCUT2D eigenvalue weighted by Crippen LogP contribution is -2.27. The standard InChI is InChI=1S/C6H8O3/c7-5-3-1-2-4-6(5)8-9-6/h1-4H2. The lowest BCUT2D eigenvalue weighted by molar-refractivity contribution is -0.126. The SMILES string of the molecule is O=C1CCCCC12OO2. The molecule has 0 aromatic heterocycles. The third-order valence-electron chi connectivity index (χ3n) is 1.87. The number of hydrogen-bond donors (Lipinski definition) is 0. The van der Waals surface area contributed by atoms with Gasteiger partial charge in [-0.15, -0.1) is 0 Å². The predicted molar refractivity (Wildman–Crippen MR) is 28.4 cm³/mol. The van der Waals surface area contributed by atoms with E-state index in [2.05, 4.69) is 9.78 Å². The van der Waals surface area contributed by atoms with Crippen molar-refractivity contribution in [3.05, 3.63) is 0 Å². The van der Waals surface area contributed by atoms with E-state index in [1.807, 2.05) is 0 Å². The summed E-state index contributed by atoms with van der Waals surface area (Å²) in [5.41, 5.74) is 0. The molecule has 2 rings (SSSR count). The van der Waals surface area contributed by atoms with E-state index in [9.17, 15) is 4.79 Å². The summed E-state index contributed by atoms with van der Waals surface area (Å²) in [5, 5.41) is 0. The number of carbonyl (C=O) groups excluding carboxylic acids is 1. The van der Waals surface area contributed by atoms with Crippen LogP contribution in [0.25, 0.3) is 0 Å². The average molecular weight is 128 g/mol. The minimum absolute atomic E-state index is 0.119. The van der Waals surface area contributed by atoms with Crippen LogP contribution in [0.2, 0.25) is 0 Å². The fourth-order valence-corrected chi connectivity index (χ4v) is 1.20. The molecule has 0 unspecified atom stereocenters. The third kappa shape index (κ3) is 0.686. The Kier molecular flexibility index (Phi) is 0.926. The van der Waals surface area contributed by atoms with E-state index < -0.39 is 5.79 Å². The highest BCUT2D eigenvalue weighted by molar-refractivity contribution is 5.87. The zero-order valence-electron chi connectivity index (χ0n) is 5.05. The summed E-state index contributed by atoms with van der Waals surface area (Å²) < 4.78 is 0. The van der Waals surface area contributed by atoms with E-state index >= 15 is 0 Å². The maximum atomic E-state index is 10.9. The molecule has 50 valence electrons. The first-order valence-corrected chi connectivity index (χ1v) is 3.24. The van der Waals surface area contributed by atoms with E-state index in [1.165, 1.54) is 0 Å². The summed E-state index contributed by atoms with van der Waals surface area (Å²) in [7, 11) is 0. The molecule has 0 bridgehead atoms. The summed E-state index contributed by atoms with van der Waals surface area (Å²) in [6.45, 7) is 0. The number of hydrogen-bond acceptors (Lipinski definition) is 3. The van der Waals surface area contributed by atoms with Crippen molar-refractivity contribution in [2.75, 3.05) is 0 Å². The van der Waals surface area contributed by atoms with E-state index in [4.69, 9.17) is 0 Å². The molecule has 1 aliphatic carbocycles. The summed E-state index contributed by atoms with van der Waals surface area (Å²) in [4.78, 5) is 20.1. The van der Waals surface area contributed by atoms with Crippen LogP contribution < -0.4 is 0 Å². The Morgan fingerprint density at radius 1 is 1.33 bits per heavy atom. The van der Waals surface area contributed by atoms with Crippen molar-refractivity contribution in [2.45, 2.75) is 31.5 Å². The van der Waals surface area contributed by atoms with Crippen molar-refractivity contribution in [3.8, 4) is 0 Å². The van der Waals surface area contributed by atoms with Crippen molar-refractivity contribution in [2.24, 2.45) is 0 Å². The van der Waals surface area contributed by atoms with Gasteiger partial charge >= 0.3 is 0 Å². The molecule has 0 radical (unpaired) electrons.